The van der Waals surface area contributed by atoms with Crippen molar-refractivity contribution in [1.29, 1.82) is 0 Å². The summed E-state index contributed by atoms with van der Waals surface area (Å²) in [4.78, 5) is 0. The van der Waals surface area contributed by atoms with E-state index in [9.17, 15) is 8.78 Å². The molecule has 1 aromatic rings. The van der Waals surface area contributed by atoms with Crippen molar-refractivity contribution in [2.24, 2.45) is 11.5 Å². The van der Waals surface area contributed by atoms with Crippen LogP contribution in [-0.4, -0.2) is 11.7 Å². The highest BCUT2D eigenvalue weighted by molar-refractivity contribution is 5.85. The van der Waals surface area contributed by atoms with Gasteiger partial charge in [0.2, 0.25) is 0 Å². The quantitative estimate of drug-likeness (QED) is 0.703. The summed E-state index contributed by atoms with van der Waals surface area (Å²) in [5.74, 6) is -2.23. The molecule has 1 rings (SSSR count). The molecule has 0 aliphatic heterocycles. The Morgan fingerprint density at radius 3 is 2.36 bits per heavy atom. The summed E-state index contributed by atoms with van der Waals surface area (Å²) in [6, 6.07) is 0.638. The van der Waals surface area contributed by atoms with Crippen LogP contribution in [0.25, 0.3) is 0 Å². The smallest absolute Gasteiger partial charge is 0.134 e. The lowest BCUT2D eigenvalue weighted by molar-refractivity contribution is 0.441. The van der Waals surface area contributed by atoms with Crippen LogP contribution in [0.5, 0.6) is 5.75 Å². The topological polar surface area (TPSA) is 72.3 Å². The van der Waals surface area contributed by atoms with E-state index in [4.69, 9.17) is 16.6 Å². The molecule has 0 fully saturated rings. The predicted molar refractivity (Wildman–Crippen MR) is 51.3 cm³/mol. The van der Waals surface area contributed by atoms with E-state index >= 15 is 0 Å². The highest BCUT2D eigenvalue weighted by Crippen LogP contribution is 2.26. The molecular formula is C8H11ClF2N2O. The fraction of sp³-hybridized carbons (Fsp3) is 0.250. The zero-order chi connectivity index (χ0) is 10.0. The second kappa shape index (κ2) is 5.09. The third-order valence-electron chi connectivity index (χ3n) is 1.70. The largest absolute Gasteiger partial charge is 0.507 e. The second-order valence-corrected chi connectivity index (χ2v) is 2.66. The van der Waals surface area contributed by atoms with E-state index in [-0.39, 0.29) is 24.5 Å². The molecule has 5 N–H and O–H groups in total. The van der Waals surface area contributed by atoms with Crippen LogP contribution in [0.3, 0.4) is 0 Å². The molecule has 0 unspecified atom stereocenters. The van der Waals surface area contributed by atoms with E-state index in [0.29, 0.717) is 6.07 Å². The van der Waals surface area contributed by atoms with E-state index in [1.165, 1.54) is 0 Å². The molecular weight excluding hydrogens is 214 g/mol. The molecule has 0 aromatic heterocycles. The maximum atomic E-state index is 13.0. The number of hydrogen-bond donors (Lipinski definition) is 3. The fourth-order valence-electron chi connectivity index (χ4n) is 1.06. The van der Waals surface area contributed by atoms with Gasteiger partial charge in [-0.15, -0.1) is 12.4 Å². The Morgan fingerprint density at radius 1 is 1.36 bits per heavy atom. The number of nitrogens with two attached hydrogens (primary N) is 2. The van der Waals surface area contributed by atoms with Gasteiger partial charge in [0.05, 0.1) is 0 Å². The number of benzene rings is 1. The maximum absolute atomic E-state index is 13.0. The first-order valence-corrected chi connectivity index (χ1v) is 3.69. The minimum Gasteiger partial charge on any atom is -0.507 e. The minimum atomic E-state index is -0.879. The van der Waals surface area contributed by atoms with Crippen molar-refractivity contribution in [3.8, 4) is 5.75 Å². The Balaban J connectivity index is 0.00000169. The van der Waals surface area contributed by atoms with Gasteiger partial charge in [-0.2, -0.15) is 0 Å². The Morgan fingerprint density at radius 2 is 1.93 bits per heavy atom. The van der Waals surface area contributed by atoms with Crippen LogP contribution in [0, 0.1) is 11.6 Å². The van der Waals surface area contributed by atoms with Crippen molar-refractivity contribution in [3.63, 3.8) is 0 Å². The number of phenolic OH excluding ortho intramolecular Hbond substituents is 1. The van der Waals surface area contributed by atoms with Crippen molar-refractivity contribution in [2.45, 2.75) is 6.04 Å². The first-order chi connectivity index (χ1) is 6.06. The van der Waals surface area contributed by atoms with Crippen molar-refractivity contribution in [2.75, 3.05) is 6.54 Å². The highest BCUT2D eigenvalue weighted by Gasteiger charge is 2.16. The molecule has 1 aromatic carbocycles. The lowest BCUT2D eigenvalue weighted by Crippen LogP contribution is -2.22. The van der Waals surface area contributed by atoms with Crippen molar-refractivity contribution < 1.29 is 13.9 Å². The standard InChI is InChI=1S/C8H10F2N2O.ClH/c9-4-1-5(10)8(6(12)3-11)7(13)2-4;/h1-2,6,13H,3,11-12H2;1H/t6-;/m1./s1. The second-order valence-electron chi connectivity index (χ2n) is 2.66. The molecule has 0 heterocycles. The Labute approximate surface area is 86.1 Å². The van der Waals surface area contributed by atoms with E-state index in [2.05, 4.69) is 0 Å². The van der Waals surface area contributed by atoms with Gasteiger partial charge in [-0.1, -0.05) is 0 Å². The van der Waals surface area contributed by atoms with Crippen LogP contribution in [0.15, 0.2) is 12.1 Å². The van der Waals surface area contributed by atoms with E-state index in [1.807, 2.05) is 0 Å². The van der Waals surface area contributed by atoms with E-state index in [0.717, 1.165) is 6.07 Å². The Bertz CT molecular complexity index is 299. The molecule has 0 aliphatic carbocycles. The third kappa shape index (κ3) is 2.54. The van der Waals surface area contributed by atoms with Gasteiger partial charge in [-0.05, 0) is 0 Å². The average molecular weight is 225 g/mol. The summed E-state index contributed by atoms with van der Waals surface area (Å²) in [5, 5.41) is 9.16. The molecule has 0 saturated carbocycles. The molecule has 0 aliphatic rings. The summed E-state index contributed by atoms with van der Waals surface area (Å²) in [7, 11) is 0. The van der Waals surface area contributed by atoms with Gasteiger partial charge in [0.25, 0.3) is 0 Å². The van der Waals surface area contributed by atoms with Gasteiger partial charge in [-0.3, -0.25) is 0 Å². The van der Waals surface area contributed by atoms with Gasteiger partial charge in [0.1, 0.15) is 17.4 Å². The summed E-state index contributed by atoms with van der Waals surface area (Å²) in [6.07, 6.45) is 0. The van der Waals surface area contributed by atoms with Crippen LogP contribution >= 0.6 is 12.4 Å². The van der Waals surface area contributed by atoms with Gasteiger partial charge < -0.3 is 16.6 Å². The molecule has 0 amide bonds. The Hall–Kier alpha value is -0.910. The van der Waals surface area contributed by atoms with Crippen molar-refractivity contribution >= 4 is 12.4 Å². The third-order valence-corrected chi connectivity index (χ3v) is 1.70. The zero-order valence-electron chi connectivity index (χ0n) is 7.21. The highest BCUT2D eigenvalue weighted by atomic mass is 35.5. The normalized spacial score (nSPS) is 12.0. The van der Waals surface area contributed by atoms with Gasteiger partial charge >= 0.3 is 0 Å². The van der Waals surface area contributed by atoms with Crippen LogP contribution in [-0.2, 0) is 0 Å². The number of aromatic hydroxyl groups is 1. The molecule has 80 valence electrons. The molecule has 14 heavy (non-hydrogen) atoms. The van der Waals surface area contributed by atoms with Crippen LogP contribution in [0.4, 0.5) is 8.78 Å². The average Bonchev–Trinajstić information content (AvgIpc) is 2.02. The maximum Gasteiger partial charge on any atom is 0.134 e. The lowest BCUT2D eigenvalue weighted by atomic mass is 10.1. The minimum absolute atomic E-state index is 0. The molecule has 0 saturated heterocycles. The molecule has 0 bridgehead atoms. The van der Waals surface area contributed by atoms with Gasteiger partial charge in [0, 0.05) is 30.3 Å². The monoisotopic (exact) mass is 224 g/mol. The summed E-state index contributed by atoms with van der Waals surface area (Å²) in [5.41, 5.74) is 10.4. The summed E-state index contributed by atoms with van der Waals surface area (Å²) < 4.78 is 25.5. The van der Waals surface area contributed by atoms with E-state index in [1.54, 1.807) is 0 Å². The molecule has 3 nitrogen and oxygen atoms in total. The molecule has 0 spiro atoms. The van der Waals surface area contributed by atoms with Crippen molar-refractivity contribution in [3.05, 3.63) is 29.3 Å². The van der Waals surface area contributed by atoms with Gasteiger partial charge in [0.15, 0.2) is 0 Å². The van der Waals surface area contributed by atoms with Crippen molar-refractivity contribution in [1.82, 2.24) is 0 Å². The van der Waals surface area contributed by atoms with Gasteiger partial charge in [-0.25, -0.2) is 8.78 Å². The molecule has 1 atom stereocenters. The fourth-order valence-corrected chi connectivity index (χ4v) is 1.06. The number of rotatable bonds is 2. The first-order valence-electron chi connectivity index (χ1n) is 3.69. The van der Waals surface area contributed by atoms with Crippen LogP contribution in [0.1, 0.15) is 11.6 Å². The van der Waals surface area contributed by atoms with E-state index < -0.39 is 23.4 Å². The number of phenols is 1. The number of halogens is 3. The predicted octanol–water partition coefficient (Wildman–Crippen LogP) is 1.05. The SMILES string of the molecule is Cl.NC[C@@H](N)c1c(O)cc(F)cc1F. The zero-order valence-corrected chi connectivity index (χ0v) is 8.02. The first kappa shape index (κ1) is 13.1. The molecule has 0 radical (unpaired) electrons. The summed E-state index contributed by atoms with van der Waals surface area (Å²) in [6.45, 7) is -0.0177. The summed E-state index contributed by atoms with van der Waals surface area (Å²) >= 11 is 0. The van der Waals surface area contributed by atoms with Crippen LogP contribution in [0.2, 0.25) is 0 Å². The Kier molecular flexibility index (Phi) is 4.76. The lowest BCUT2D eigenvalue weighted by Gasteiger charge is -2.11. The molecule has 6 heteroatoms. The van der Waals surface area contributed by atoms with Crippen LogP contribution < -0.4 is 11.5 Å². The number of hydrogen-bond acceptors (Lipinski definition) is 3.